The van der Waals surface area contributed by atoms with E-state index in [0.29, 0.717) is 17.2 Å². The number of aryl methyl sites for hydroxylation is 2. The summed E-state index contributed by atoms with van der Waals surface area (Å²) < 4.78 is 7.55. The van der Waals surface area contributed by atoms with Crippen molar-refractivity contribution in [2.45, 2.75) is 69.6 Å². The molecule has 0 saturated heterocycles. The summed E-state index contributed by atoms with van der Waals surface area (Å²) in [6.07, 6.45) is 7.31. The number of nitrogens with zero attached hydrogens (tertiary/aromatic N) is 1. The predicted octanol–water partition coefficient (Wildman–Crippen LogP) is 6.29. The van der Waals surface area contributed by atoms with Crippen LogP contribution in [0.25, 0.3) is 10.9 Å². The number of anilines is 1. The molecule has 0 saturated carbocycles. The molecule has 0 radical (unpaired) electrons. The molecular weight excluding hydrogens is 440 g/mol. The number of nitrogens with one attached hydrogen (secondary N) is 1. The van der Waals surface area contributed by atoms with Crippen LogP contribution in [0.2, 0.25) is 0 Å². The first-order valence-corrected chi connectivity index (χ1v) is 13.1. The lowest BCUT2D eigenvalue weighted by Gasteiger charge is -2.12. The average molecular weight is 471 g/mol. The normalized spacial score (nSPS) is 14.6. The number of thioether (sulfide) groups is 1. The number of carbonyl (C=O) groups is 2. The first-order chi connectivity index (χ1) is 15.5. The van der Waals surface area contributed by atoms with Gasteiger partial charge in [-0.1, -0.05) is 24.6 Å². The second-order valence-electron chi connectivity index (χ2n) is 8.03. The highest BCUT2D eigenvalue weighted by Crippen LogP contribution is 2.39. The zero-order chi connectivity index (χ0) is 22.7. The Balaban J connectivity index is 1.57. The minimum absolute atomic E-state index is 0.0923. The Kier molecular flexibility index (Phi) is 7.26. The van der Waals surface area contributed by atoms with Crippen LogP contribution in [-0.2, 0) is 28.9 Å². The molecule has 1 atom stereocenters. The van der Waals surface area contributed by atoms with Gasteiger partial charge in [-0.2, -0.15) is 0 Å². The van der Waals surface area contributed by atoms with Gasteiger partial charge in [0, 0.05) is 33.4 Å². The second-order valence-corrected chi connectivity index (χ2v) is 10.5. The van der Waals surface area contributed by atoms with Gasteiger partial charge in [-0.05, 0) is 58.1 Å². The van der Waals surface area contributed by atoms with Crippen molar-refractivity contribution in [1.29, 1.82) is 0 Å². The van der Waals surface area contributed by atoms with Crippen molar-refractivity contribution < 1.29 is 14.3 Å². The summed E-state index contributed by atoms with van der Waals surface area (Å²) >= 11 is 3.10. The largest absolute Gasteiger partial charge is 0.462 e. The maximum atomic E-state index is 13.2. The number of hydrogen-bond acceptors (Lipinski definition) is 5. The van der Waals surface area contributed by atoms with Crippen molar-refractivity contribution in [3.63, 3.8) is 0 Å². The van der Waals surface area contributed by atoms with Gasteiger partial charge in [-0.3, -0.25) is 4.79 Å². The minimum Gasteiger partial charge on any atom is -0.462 e. The summed E-state index contributed by atoms with van der Waals surface area (Å²) in [6, 6.07) is 8.28. The van der Waals surface area contributed by atoms with Crippen LogP contribution in [0.5, 0.6) is 0 Å². The lowest BCUT2D eigenvalue weighted by molar-refractivity contribution is -0.115. The summed E-state index contributed by atoms with van der Waals surface area (Å²) in [5.41, 5.74) is 2.83. The number of amides is 1. The van der Waals surface area contributed by atoms with Gasteiger partial charge in [-0.15, -0.1) is 23.1 Å². The molecule has 170 valence electrons. The zero-order valence-electron chi connectivity index (χ0n) is 18.9. The summed E-state index contributed by atoms with van der Waals surface area (Å²) in [5, 5.41) is 4.57. The van der Waals surface area contributed by atoms with Gasteiger partial charge in [0.05, 0.1) is 17.4 Å². The van der Waals surface area contributed by atoms with E-state index in [-0.39, 0.29) is 17.1 Å². The molecule has 1 aliphatic rings. The minimum atomic E-state index is -0.325. The standard InChI is InChI=1S/C25H30N2O3S2/c1-4-27-15-21(17-11-9-10-13-19(17)27)31-16(3)23(28)26-24-22(25(29)30-5-2)18-12-7-6-8-14-20(18)32-24/h9-11,13,15-16H,4-8,12,14H2,1-3H3,(H,26,28)/t16-/m1/s1. The lowest BCUT2D eigenvalue weighted by atomic mass is 10.1. The number of benzene rings is 1. The summed E-state index contributed by atoms with van der Waals surface area (Å²) in [4.78, 5) is 28.2. The van der Waals surface area contributed by atoms with Gasteiger partial charge in [0.2, 0.25) is 5.91 Å². The summed E-state index contributed by atoms with van der Waals surface area (Å²) in [7, 11) is 0. The number of aromatic nitrogens is 1. The molecule has 1 aromatic carbocycles. The number of rotatable bonds is 7. The maximum absolute atomic E-state index is 13.2. The Hall–Kier alpha value is -2.25. The maximum Gasteiger partial charge on any atom is 0.341 e. The fourth-order valence-electron chi connectivity index (χ4n) is 4.28. The average Bonchev–Trinajstić information content (AvgIpc) is 3.22. The molecule has 3 aromatic rings. The highest BCUT2D eigenvalue weighted by atomic mass is 32.2. The molecule has 2 heterocycles. The number of ether oxygens (including phenoxy) is 1. The van der Waals surface area contributed by atoms with Crippen LogP contribution < -0.4 is 5.32 Å². The van der Waals surface area contributed by atoms with Gasteiger partial charge in [0.1, 0.15) is 5.00 Å². The van der Waals surface area contributed by atoms with Crippen LogP contribution in [0.4, 0.5) is 5.00 Å². The molecule has 1 amide bonds. The van der Waals surface area contributed by atoms with E-state index in [1.54, 1.807) is 23.1 Å². The second kappa shape index (κ2) is 10.1. The number of fused-ring (bicyclic) bond motifs is 2. The third kappa shape index (κ3) is 4.59. The summed E-state index contributed by atoms with van der Waals surface area (Å²) in [6.45, 7) is 7.05. The van der Waals surface area contributed by atoms with Crippen LogP contribution in [0, 0.1) is 0 Å². The van der Waals surface area contributed by atoms with E-state index in [1.807, 2.05) is 26.0 Å². The van der Waals surface area contributed by atoms with Crippen LogP contribution in [0.1, 0.15) is 60.8 Å². The first-order valence-electron chi connectivity index (χ1n) is 11.4. The molecule has 0 bridgehead atoms. The van der Waals surface area contributed by atoms with E-state index in [2.05, 4.69) is 35.1 Å². The monoisotopic (exact) mass is 470 g/mol. The van der Waals surface area contributed by atoms with E-state index < -0.39 is 0 Å². The molecular formula is C25H30N2O3S2. The van der Waals surface area contributed by atoms with Gasteiger partial charge >= 0.3 is 5.97 Å². The van der Waals surface area contributed by atoms with Crippen molar-refractivity contribution in [2.24, 2.45) is 0 Å². The number of thiophene rings is 1. The molecule has 0 aliphatic heterocycles. The van der Waals surface area contributed by atoms with Gasteiger partial charge in [0.15, 0.2) is 0 Å². The first kappa shape index (κ1) is 22.9. The Morgan fingerprint density at radius 2 is 1.97 bits per heavy atom. The predicted molar refractivity (Wildman–Crippen MR) is 133 cm³/mol. The zero-order valence-corrected chi connectivity index (χ0v) is 20.5. The molecule has 2 aromatic heterocycles. The van der Waals surface area contributed by atoms with Crippen LogP contribution in [0.3, 0.4) is 0 Å². The van der Waals surface area contributed by atoms with Gasteiger partial charge in [0.25, 0.3) is 0 Å². The number of esters is 1. The highest BCUT2D eigenvalue weighted by Gasteiger charge is 2.28. The smallest absolute Gasteiger partial charge is 0.341 e. The van der Waals surface area contributed by atoms with E-state index in [9.17, 15) is 9.59 Å². The Morgan fingerprint density at radius 3 is 2.75 bits per heavy atom. The van der Waals surface area contributed by atoms with Crippen molar-refractivity contribution in [3.8, 4) is 0 Å². The molecule has 0 unspecified atom stereocenters. The number of para-hydroxylation sites is 1. The van der Waals surface area contributed by atoms with E-state index in [0.717, 1.165) is 48.1 Å². The van der Waals surface area contributed by atoms with Crippen molar-refractivity contribution in [1.82, 2.24) is 4.57 Å². The fourth-order valence-corrected chi connectivity index (χ4v) is 6.59. The van der Waals surface area contributed by atoms with E-state index in [4.69, 9.17) is 4.74 Å². The number of hydrogen-bond donors (Lipinski definition) is 1. The van der Waals surface area contributed by atoms with Crippen molar-refractivity contribution >= 4 is 50.9 Å². The molecule has 32 heavy (non-hydrogen) atoms. The highest BCUT2D eigenvalue weighted by molar-refractivity contribution is 8.00. The van der Waals surface area contributed by atoms with Gasteiger partial charge in [-0.25, -0.2) is 4.79 Å². The van der Waals surface area contributed by atoms with Crippen molar-refractivity contribution in [3.05, 3.63) is 46.5 Å². The summed E-state index contributed by atoms with van der Waals surface area (Å²) in [5.74, 6) is -0.418. The molecule has 4 rings (SSSR count). The molecule has 5 nitrogen and oxygen atoms in total. The third-order valence-electron chi connectivity index (χ3n) is 5.90. The SMILES string of the molecule is CCOC(=O)c1c(NC(=O)[C@@H](C)Sc2cn(CC)c3ccccc23)sc2c1CCCCC2. The molecule has 7 heteroatoms. The molecule has 0 spiro atoms. The topological polar surface area (TPSA) is 60.3 Å². The molecule has 1 aliphatic carbocycles. The molecule has 0 fully saturated rings. The van der Waals surface area contributed by atoms with E-state index >= 15 is 0 Å². The quantitative estimate of drug-likeness (QED) is 0.250. The van der Waals surface area contributed by atoms with Crippen LogP contribution in [-0.4, -0.2) is 28.3 Å². The van der Waals surface area contributed by atoms with Gasteiger partial charge < -0.3 is 14.6 Å². The van der Waals surface area contributed by atoms with Crippen LogP contribution >= 0.6 is 23.1 Å². The Bertz CT molecular complexity index is 1130. The molecule has 1 N–H and O–H groups in total. The van der Waals surface area contributed by atoms with Crippen molar-refractivity contribution in [2.75, 3.05) is 11.9 Å². The van der Waals surface area contributed by atoms with E-state index in [1.165, 1.54) is 16.8 Å². The lowest BCUT2D eigenvalue weighted by Crippen LogP contribution is -2.23. The van der Waals surface area contributed by atoms with Crippen LogP contribution in [0.15, 0.2) is 35.4 Å². The fraction of sp³-hybridized carbons (Fsp3) is 0.440. The Labute approximate surface area is 197 Å². The number of carbonyl (C=O) groups excluding carboxylic acids is 2. The third-order valence-corrected chi connectivity index (χ3v) is 8.26. The Morgan fingerprint density at radius 1 is 1.19 bits per heavy atom.